The molecule has 5 heterocycles. The van der Waals surface area contributed by atoms with Crippen molar-refractivity contribution >= 4 is 17.0 Å². The number of aromatic nitrogens is 7. The number of fused-ring (bicyclic) bond motifs is 1. The van der Waals surface area contributed by atoms with Crippen molar-refractivity contribution in [1.82, 2.24) is 45.1 Å². The molecule has 0 saturated carbocycles. The number of nitrogens with zero attached hydrogens (tertiary/aromatic N) is 9. The van der Waals surface area contributed by atoms with Gasteiger partial charge in [0.25, 0.3) is 5.91 Å². The van der Waals surface area contributed by atoms with Crippen LogP contribution in [0.25, 0.3) is 33.7 Å². The van der Waals surface area contributed by atoms with E-state index in [-0.39, 0.29) is 17.4 Å². The number of halogens is 2. The van der Waals surface area contributed by atoms with Gasteiger partial charge in [-0.3, -0.25) is 14.7 Å². The molecule has 0 spiro atoms. The normalized spacial score (nSPS) is 14.9. The molecule has 1 saturated heterocycles. The van der Waals surface area contributed by atoms with Crippen LogP contribution in [0.5, 0.6) is 0 Å². The second kappa shape index (κ2) is 11.1. The molecule has 0 radical (unpaired) electrons. The van der Waals surface area contributed by atoms with Crippen molar-refractivity contribution in [2.75, 3.05) is 26.2 Å². The number of piperazine rings is 1. The summed E-state index contributed by atoms with van der Waals surface area (Å²) in [7, 11) is 0. The Morgan fingerprint density at radius 1 is 0.930 bits per heavy atom. The van der Waals surface area contributed by atoms with Crippen LogP contribution in [0, 0.1) is 0 Å². The van der Waals surface area contributed by atoms with E-state index in [0.717, 1.165) is 16.7 Å². The van der Waals surface area contributed by atoms with Gasteiger partial charge in [-0.25, -0.2) is 4.98 Å². The van der Waals surface area contributed by atoms with Gasteiger partial charge in [0.15, 0.2) is 11.4 Å². The smallest absolute Gasteiger partial charge is 0.350 e. The maximum atomic E-state index is 13.5. The Morgan fingerprint density at radius 3 is 2.51 bits per heavy atom. The van der Waals surface area contributed by atoms with E-state index in [1.165, 1.54) is 0 Å². The molecular weight excluding hydrogens is 560 g/mol. The SMILES string of the molecule is O=C(c1cc(-c2nc3cc(-c4cnoc4)ccc3o2)ccn1)N1CCN(C(c2ccccc2)c2nnn(C(F)F)n2)CC1. The van der Waals surface area contributed by atoms with E-state index in [2.05, 4.69) is 35.4 Å². The summed E-state index contributed by atoms with van der Waals surface area (Å²) in [6.07, 6.45) is 4.73. The van der Waals surface area contributed by atoms with Crippen LogP contribution in [0.1, 0.15) is 34.5 Å². The minimum absolute atomic E-state index is 0.174. The van der Waals surface area contributed by atoms with Crippen LogP contribution in [0.4, 0.5) is 8.78 Å². The Bertz CT molecular complexity index is 1870. The summed E-state index contributed by atoms with van der Waals surface area (Å²) in [5, 5.41) is 15.1. The van der Waals surface area contributed by atoms with E-state index in [1.54, 1.807) is 35.7 Å². The first-order valence-corrected chi connectivity index (χ1v) is 13.5. The van der Waals surface area contributed by atoms with Gasteiger partial charge in [0.05, 0.1) is 12.2 Å². The first-order valence-electron chi connectivity index (χ1n) is 13.5. The number of oxazole rings is 1. The molecule has 7 rings (SSSR count). The lowest BCUT2D eigenvalue weighted by Crippen LogP contribution is -2.50. The topological polar surface area (TPSA) is 132 Å². The molecule has 1 unspecified atom stereocenters. The minimum atomic E-state index is -2.89. The Morgan fingerprint density at radius 2 is 1.77 bits per heavy atom. The van der Waals surface area contributed by atoms with Gasteiger partial charge in [-0.05, 0) is 40.6 Å². The van der Waals surface area contributed by atoms with Crippen LogP contribution in [0.3, 0.4) is 0 Å². The monoisotopic (exact) mass is 583 g/mol. The first-order chi connectivity index (χ1) is 21.0. The van der Waals surface area contributed by atoms with Crippen LogP contribution in [0.2, 0.25) is 0 Å². The second-order valence-corrected chi connectivity index (χ2v) is 9.93. The van der Waals surface area contributed by atoms with Crippen LogP contribution < -0.4 is 0 Å². The molecule has 2 aromatic carbocycles. The molecule has 1 aliphatic rings. The summed E-state index contributed by atoms with van der Waals surface area (Å²) in [4.78, 5) is 26.5. The number of carbonyl (C=O) groups is 1. The summed E-state index contributed by atoms with van der Waals surface area (Å²) in [5.41, 5.74) is 4.71. The van der Waals surface area contributed by atoms with E-state index >= 15 is 0 Å². The molecule has 6 aromatic rings. The number of hydrogen-bond acceptors (Lipinski definition) is 10. The standard InChI is InChI=1S/C29H23F2N9O3/c30-29(31)40-36-26(35-37-40)25(18-4-2-1-3-5-18)38-10-12-39(13-11-38)28(41)23-15-20(8-9-32-23)27-34-22-14-19(6-7-24(22)43-27)21-16-33-42-17-21/h1-9,14-17,25,29H,10-13H2. The molecule has 43 heavy (non-hydrogen) atoms. The van der Waals surface area contributed by atoms with Crippen molar-refractivity contribution in [2.24, 2.45) is 0 Å². The second-order valence-electron chi connectivity index (χ2n) is 9.93. The lowest BCUT2D eigenvalue weighted by Gasteiger charge is -2.38. The zero-order chi connectivity index (χ0) is 29.3. The summed E-state index contributed by atoms with van der Waals surface area (Å²) >= 11 is 0. The van der Waals surface area contributed by atoms with Gasteiger partial charge in [-0.15, -0.1) is 10.2 Å². The third kappa shape index (κ3) is 5.23. The Hall–Kier alpha value is -5.37. The van der Waals surface area contributed by atoms with E-state index in [9.17, 15) is 13.6 Å². The third-order valence-corrected chi connectivity index (χ3v) is 7.32. The number of pyridine rings is 1. The lowest BCUT2D eigenvalue weighted by atomic mass is 10.0. The Kier molecular flexibility index (Phi) is 6.87. The van der Waals surface area contributed by atoms with Crippen LogP contribution in [0.15, 0.2) is 88.3 Å². The molecule has 0 N–H and O–H groups in total. The van der Waals surface area contributed by atoms with Crippen LogP contribution in [-0.2, 0) is 0 Å². The highest BCUT2D eigenvalue weighted by molar-refractivity contribution is 5.93. The summed E-state index contributed by atoms with van der Waals surface area (Å²) in [6, 6.07) is 17.9. The zero-order valence-corrected chi connectivity index (χ0v) is 22.5. The van der Waals surface area contributed by atoms with Gasteiger partial charge in [0.1, 0.15) is 17.5 Å². The summed E-state index contributed by atoms with van der Waals surface area (Å²) in [5.74, 6) is 0.312. The molecule has 4 aromatic heterocycles. The van der Waals surface area contributed by atoms with Gasteiger partial charge >= 0.3 is 6.55 Å². The van der Waals surface area contributed by atoms with Crippen molar-refractivity contribution in [3.63, 3.8) is 0 Å². The zero-order valence-electron chi connectivity index (χ0n) is 22.5. The Balaban J connectivity index is 1.08. The Labute approximate surface area is 242 Å². The van der Waals surface area contributed by atoms with Crippen LogP contribution >= 0.6 is 0 Å². The van der Waals surface area contributed by atoms with Crippen molar-refractivity contribution < 1.29 is 22.5 Å². The van der Waals surface area contributed by atoms with Crippen molar-refractivity contribution in [2.45, 2.75) is 12.6 Å². The molecule has 216 valence electrons. The highest BCUT2D eigenvalue weighted by Crippen LogP contribution is 2.30. The van der Waals surface area contributed by atoms with Gasteiger partial charge in [-0.1, -0.05) is 46.4 Å². The number of amides is 1. The lowest BCUT2D eigenvalue weighted by molar-refractivity contribution is 0.0385. The van der Waals surface area contributed by atoms with E-state index < -0.39 is 12.6 Å². The average molecular weight is 584 g/mol. The van der Waals surface area contributed by atoms with Gasteiger partial charge in [0.2, 0.25) is 5.89 Å². The average Bonchev–Trinajstić information content (AvgIpc) is 3.83. The molecule has 1 amide bonds. The maximum absolute atomic E-state index is 13.5. The number of tetrazole rings is 1. The number of benzene rings is 2. The number of carbonyl (C=O) groups excluding carboxylic acids is 1. The fourth-order valence-electron chi connectivity index (χ4n) is 5.19. The van der Waals surface area contributed by atoms with Gasteiger partial charge < -0.3 is 13.8 Å². The molecular formula is C29H23F2N9O3. The molecule has 1 aliphatic heterocycles. The molecule has 0 bridgehead atoms. The van der Waals surface area contributed by atoms with Gasteiger partial charge in [-0.2, -0.15) is 8.78 Å². The highest BCUT2D eigenvalue weighted by atomic mass is 19.3. The molecule has 14 heteroatoms. The summed E-state index contributed by atoms with van der Waals surface area (Å²) in [6.45, 7) is -1.17. The van der Waals surface area contributed by atoms with Gasteiger partial charge in [0, 0.05) is 43.5 Å². The van der Waals surface area contributed by atoms with E-state index in [1.807, 2.05) is 48.5 Å². The number of hydrogen-bond donors (Lipinski definition) is 0. The largest absolute Gasteiger partial charge is 0.436 e. The molecule has 0 aliphatic carbocycles. The molecule has 1 fully saturated rings. The van der Waals surface area contributed by atoms with Crippen LogP contribution in [-0.4, -0.2) is 77.2 Å². The highest BCUT2D eigenvalue weighted by Gasteiger charge is 2.32. The summed E-state index contributed by atoms with van der Waals surface area (Å²) < 4.78 is 37.2. The maximum Gasteiger partial charge on any atom is 0.350 e. The predicted molar refractivity (Wildman–Crippen MR) is 148 cm³/mol. The number of alkyl halides is 2. The first kappa shape index (κ1) is 26.5. The van der Waals surface area contributed by atoms with Crippen molar-refractivity contribution in [3.8, 4) is 22.6 Å². The van der Waals surface area contributed by atoms with Crippen molar-refractivity contribution in [3.05, 3.63) is 96.4 Å². The third-order valence-electron chi connectivity index (χ3n) is 7.32. The van der Waals surface area contributed by atoms with Crippen molar-refractivity contribution in [1.29, 1.82) is 0 Å². The minimum Gasteiger partial charge on any atom is -0.436 e. The number of rotatable bonds is 7. The van der Waals surface area contributed by atoms with E-state index in [0.29, 0.717) is 53.5 Å². The fraction of sp³-hybridized carbons (Fsp3) is 0.207. The quantitative estimate of drug-likeness (QED) is 0.265. The fourth-order valence-corrected chi connectivity index (χ4v) is 5.19. The molecule has 1 atom stereocenters. The predicted octanol–water partition coefficient (Wildman–Crippen LogP) is 4.47. The van der Waals surface area contributed by atoms with E-state index in [4.69, 9.17) is 8.94 Å². The molecule has 12 nitrogen and oxygen atoms in total.